The molecule has 1 saturated heterocycles. The van der Waals surface area contributed by atoms with Crippen molar-refractivity contribution in [2.45, 2.75) is 65.1 Å². The molecule has 1 aliphatic heterocycles. The molecular formula is C24H31N5O3. The number of rotatable bonds is 6. The monoisotopic (exact) mass is 437 g/mol. The third-order valence-electron chi connectivity index (χ3n) is 6.97. The van der Waals surface area contributed by atoms with Crippen molar-refractivity contribution >= 4 is 17.8 Å². The molecule has 4 amide bonds. The average Bonchev–Trinajstić information content (AvgIpc) is 3.17. The largest absolute Gasteiger partial charge is 0.350 e. The number of nitrogens with zero attached hydrogens (tertiary/aromatic N) is 3. The number of aryl methyl sites for hydroxylation is 1. The lowest BCUT2D eigenvalue weighted by Gasteiger charge is -2.36. The summed E-state index contributed by atoms with van der Waals surface area (Å²) in [6, 6.07) is 9.60. The second-order valence-electron chi connectivity index (χ2n) is 9.01. The number of hydrogen-bond donors (Lipinski definition) is 2. The van der Waals surface area contributed by atoms with E-state index in [1.807, 2.05) is 43.7 Å². The van der Waals surface area contributed by atoms with Crippen molar-refractivity contribution in [2.24, 2.45) is 5.92 Å². The van der Waals surface area contributed by atoms with Gasteiger partial charge in [0, 0.05) is 17.8 Å². The SMILES string of the molecule is Cc1nn(Cc2ccccc2)c(C)c1CNC(=O)CN1C(=O)N[C@]2(CCCC[C@@H]2C)C1=O. The first kappa shape index (κ1) is 22.0. The summed E-state index contributed by atoms with van der Waals surface area (Å²) in [4.78, 5) is 39.2. The molecule has 2 N–H and O–H groups in total. The Balaban J connectivity index is 1.38. The van der Waals surface area contributed by atoms with Gasteiger partial charge >= 0.3 is 6.03 Å². The van der Waals surface area contributed by atoms with Gasteiger partial charge < -0.3 is 10.6 Å². The van der Waals surface area contributed by atoms with E-state index in [1.165, 1.54) is 0 Å². The van der Waals surface area contributed by atoms with Gasteiger partial charge in [-0.05, 0) is 38.2 Å². The van der Waals surface area contributed by atoms with Crippen LogP contribution in [0.4, 0.5) is 4.79 Å². The fraction of sp³-hybridized carbons (Fsp3) is 0.500. The van der Waals surface area contributed by atoms with Gasteiger partial charge in [0.05, 0.1) is 12.2 Å². The summed E-state index contributed by atoms with van der Waals surface area (Å²) in [6.07, 6.45) is 3.50. The first-order valence-corrected chi connectivity index (χ1v) is 11.3. The van der Waals surface area contributed by atoms with E-state index in [2.05, 4.69) is 27.9 Å². The highest BCUT2D eigenvalue weighted by molar-refractivity contribution is 6.09. The Morgan fingerprint density at radius 1 is 1.22 bits per heavy atom. The summed E-state index contributed by atoms with van der Waals surface area (Å²) in [6.45, 7) is 6.59. The molecule has 1 aromatic carbocycles. The molecule has 2 atom stereocenters. The highest BCUT2D eigenvalue weighted by Gasteiger charge is 2.55. The molecule has 32 heavy (non-hydrogen) atoms. The Morgan fingerprint density at radius 2 is 1.97 bits per heavy atom. The number of hydrogen-bond acceptors (Lipinski definition) is 4. The zero-order valence-electron chi connectivity index (χ0n) is 19.0. The molecule has 8 heteroatoms. The molecule has 4 rings (SSSR count). The van der Waals surface area contributed by atoms with Crippen LogP contribution in [0.25, 0.3) is 0 Å². The standard InChI is InChI=1S/C24H31N5O3/c1-16-9-7-8-12-24(16)22(31)28(23(32)26-24)15-21(30)25-13-20-17(2)27-29(18(20)3)14-19-10-5-4-6-11-19/h4-6,10-11,16H,7-9,12-15H2,1-3H3,(H,25,30)(H,26,32)/t16-,24-/m0/s1. The third kappa shape index (κ3) is 4.01. The molecule has 0 radical (unpaired) electrons. The number of carbonyl (C=O) groups excluding carboxylic acids is 3. The fourth-order valence-electron chi connectivity index (χ4n) is 4.93. The summed E-state index contributed by atoms with van der Waals surface area (Å²) < 4.78 is 1.93. The zero-order valence-corrected chi connectivity index (χ0v) is 19.0. The van der Waals surface area contributed by atoms with Gasteiger partial charge in [-0.2, -0.15) is 5.10 Å². The lowest BCUT2D eigenvalue weighted by atomic mass is 9.73. The van der Waals surface area contributed by atoms with Crippen LogP contribution in [0.2, 0.25) is 0 Å². The molecule has 8 nitrogen and oxygen atoms in total. The number of benzene rings is 1. The summed E-state index contributed by atoms with van der Waals surface area (Å²) in [5.74, 6) is -0.557. The van der Waals surface area contributed by atoms with E-state index in [0.717, 1.165) is 46.7 Å². The Kier molecular flexibility index (Phi) is 6.04. The molecule has 1 aliphatic carbocycles. The maximum Gasteiger partial charge on any atom is 0.325 e. The number of nitrogens with one attached hydrogen (secondary N) is 2. The summed E-state index contributed by atoms with van der Waals surface area (Å²) in [7, 11) is 0. The van der Waals surface area contributed by atoms with E-state index in [1.54, 1.807) is 0 Å². The van der Waals surface area contributed by atoms with Crippen molar-refractivity contribution in [3.05, 3.63) is 52.8 Å². The van der Waals surface area contributed by atoms with E-state index in [4.69, 9.17) is 0 Å². The first-order valence-electron chi connectivity index (χ1n) is 11.3. The fourth-order valence-corrected chi connectivity index (χ4v) is 4.93. The lowest BCUT2D eigenvalue weighted by molar-refractivity contribution is -0.137. The zero-order chi connectivity index (χ0) is 22.9. The van der Waals surface area contributed by atoms with Crippen LogP contribution in [0.5, 0.6) is 0 Å². The van der Waals surface area contributed by atoms with Gasteiger partial charge in [-0.15, -0.1) is 0 Å². The molecule has 2 aliphatic rings. The predicted molar refractivity (Wildman–Crippen MR) is 120 cm³/mol. The van der Waals surface area contributed by atoms with Gasteiger partial charge in [-0.25, -0.2) is 4.79 Å². The Hall–Kier alpha value is -3.16. The molecular weight excluding hydrogens is 406 g/mol. The molecule has 0 unspecified atom stereocenters. The van der Waals surface area contributed by atoms with Crippen molar-refractivity contribution in [3.63, 3.8) is 0 Å². The van der Waals surface area contributed by atoms with Crippen molar-refractivity contribution in [2.75, 3.05) is 6.54 Å². The summed E-state index contributed by atoms with van der Waals surface area (Å²) >= 11 is 0. The minimum absolute atomic E-state index is 0.0708. The molecule has 170 valence electrons. The lowest BCUT2D eigenvalue weighted by Crippen LogP contribution is -2.54. The molecule has 1 aromatic heterocycles. The van der Waals surface area contributed by atoms with Crippen LogP contribution >= 0.6 is 0 Å². The number of urea groups is 1. The number of imide groups is 1. The summed E-state index contributed by atoms with van der Waals surface area (Å²) in [5.41, 5.74) is 3.09. The maximum absolute atomic E-state index is 13.0. The molecule has 2 fully saturated rings. The Morgan fingerprint density at radius 3 is 2.69 bits per heavy atom. The van der Waals surface area contributed by atoms with Gasteiger partial charge in [0.1, 0.15) is 12.1 Å². The minimum Gasteiger partial charge on any atom is -0.350 e. The Labute approximate surface area is 188 Å². The molecule has 2 aromatic rings. The van der Waals surface area contributed by atoms with Gasteiger partial charge in [0.25, 0.3) is 5.91 Å². The van der Waals surface area contributed by atoms with Gasteiger partial charge in [0.2, 0.25) is 5.91 Å². The first-order chi connectivity index (χ1) is 15.3. The highest BCUT2D eigenvalue weighted by Crippen LogP contribution is 2.38. The van der Waals surface area contributed by atoms with Crippen LogP contribution in [0.3, 0.4) is 0 Å². The second kappa shape index (κ2) is 8.76. The van der Waals surface area contributed by atoms with E-state index < -0.39 is 11.6 Å². The van der Waals surface area contributed by atoms with Crippen LogP contribution in [0.1, 0.15) is 55.1 Å². The average molecular weight is 438 g/mol. The van der Waals surface area contributed by atoms with E-state index in [0.29, 0.717) is 19.5 Å². The normalized spacial score (nSPS) is 23.0. The van der Waals surface area contributed by atoms with Crippen molar-refractivity contribution in [1.82, 2.24) is 25.3 Å². The van der Waals surface area contributed by atoms with Crippen LogP contribution in [-0.4, -0.2) is 44.6 Å². The van der Waals surface area contributed by atoms with E-state index >= 15 is 0 Å². The van der Waals surface area contributed by atoms with Crippen LogP contribution in [-0.2, 0) is 22.7 Å². The number of carbonyl (C=O) groups is 3. The topological polar surface area (TPSA) is 96.3 Å². The smallest absolute Gasteiger partial charge is 0.325 e. The van der Waals surface area contributed by atoms with Crippen molar-refractivity contribution in [3.8, 4) is 0 Å². The van der Waals surface area contributed by atoms with Crippen LogP contribution in [0, 0.1) is 19.8 Å². The molecule has 2 heterocycles. The van der Waals surface area contributed by atoms with Crippen molar-refractivity contribution < 1.29 is 14.4 Å². The maximum atomic E-state index is 13.0. The number of amides is 4. The number of aromatic nitrogens is 2. The van der Waals surface area contributed by atoms with Crippen LogP contribution in [0.15, 0.2) is 30.3 Å². The molecule has 1 spiro atoms. The van der Waals surface area contributed by atoms with Gasteiger partial charge in [0.15, 0.2) is 0 Å². The predicted octanol–water partition coefficient (Wildman–Crippen LogP) is 2.67. The quantitative estimate of drug-likeness (QED) is 0.679. The minimum atomic E-state index is -0.846. The van der Waals surface area contributed by atoms with Gasteiger partial charge in [-0.1, -0.05) is 50.1 Å². The second-order valence-corrected chi connectivity index (χ2v) is 9.01. The van der Waals surface area contributed by atoms with Crippen LogP contribution < -0.4 is 10.6 Å². The van der Waals surface area contributed by atoms with E-state index in [9.17, 15) is 14.4 Å². The summed E-state index contributed by atoms with van der Waals surface area (Å²) in [5, 5.41) is 10.4. The molecule has 0 bridgehead atoms. The van der Waals surface area contributed by atoms with Crippen molar-refractivity contribution in [1.29, 1.82) is 0 Å². The third-order valence-corrected chi connectivity index (χ3v) is 6.97. The Bertz CT molecular complexity index is 1030. The molecule has 1 saturated carbocycles. The highest BCUT2D eigenvalue weighted by atomic mass is 16.2. The van der Waals surface area contributed by atoms with E-state index in [-0.39, 0.29) is 24.3 Å². The van der Waals surface area contributed by atoms with Gasteiger partial charge in [-0.3, -0.25) is 19.2 Å².